The second-order valence-electron chi connectivity index (χ2n) is 7.62. The Morgan fingerprint density at radius 1 is 1.33 bits per heavy atom. The highest BCUT2D eigenvalue weighted by Crippen LogP contribution is 2.32. The number of amides is 2. The molecule has 3 rings (SSSR count). The summed E-state index contributed by atoms with van der Waals surface area (Å²) in [4.78, 5) is 36.1. The Labute approximate surface area is 177 Å². The second-order valence-corrected chi connectivity index (χ2v) is 7.62. The summed E-state index contributed by atoms with van der Waals surface area (Å²) in [7, 11) is 1.39. The van der Waals surface area contributed by atoms with Gasteiger partial charge in [0.2, 0.25) is 5.91 Å². The molecular formula is C22H29N5O3. The molecule has 1 unspecified atom stereocenters. The first-order chi connectivity index (χ1) is 14.3. The van der Waals surface area contributed by atoms with Crippen LogP contribution in [-0.4, -0.2) is 42.2 Å². The van der Waals surface area contributed by atoms with E-state index in [2.05, 4.69) is 28.0 Å². The van der Waals surface area contributed by atoms with E-state index in [1.165, 1.54) is 7.11 Å². The third-order valence-corrected chi connectivity index (χ3v) is 5.50. The van der Waals surface area contributed by atoms with Crippen molar-refractivity contribution in [3.63, 3.8) is 0 Å². The maximum absolute atomic E-state index is 12.8. The van der Waals surface area contributed by atoms with Gasteiger partial charge in [0.15, 0.2) is 5.84 Å². The predicted molar refractivity (Wildman–Crippen MR) is 117 cm³/mol. The van der Waals surface area contributed by atoms with Gasteiger partial charge in [0.05, 0.1) is 18.7 Å². The molecule has 0 aromatic heterocycles. The van der Waals surface area contributed by atoms with Crippen molar-refractivity contribution in [2.24, 2.45) is 10.9 Å². The summed E-state index contributed by atoms with van der Waals surface area (Å²) >= 11 is 0. The van der Waals surface area contributed by atoms with Crippen molar-refractivity contribution < 1.29 is 14.4 Å². The third-order valence-electron chi connectivity index (χ3n) is 5.50. The molecule has 2 heterocycles. The van der Waals surface area contributed by atoms with E-state index < -0.39 is 0 Å². The number of aliphatic imine (C=N–C) groups is 1. The minimum absolute atomic E-state index is 0.0333. The van der Waals surface area contributed by atoms with Gasteiger partial charge in [-0.2, -0.15) is 0 Å². The number of hydrogen-bond donors (Lipinski definition) is 3. The van der Waals surface area contributed by atoms with Crippen molar-refractivity contribution in [2.45, 2.75) is 40.2 Å². The Balaban J connectivity index is 1.86. The van der Waals surface area contributed by atoms with Crippen LogP contribution in [0.2, 0.25) is 0 Å². The average Bonchev–Trinajstić information content (AvgIpc) is 3.07. The van der Waals surface area contributed by atoms with Gasteiger partial charge >= 0.3 is 0 Å². The van der Waals surface area contributed by atoms with E-state index in [4.69, 9.17) is 4.84 Å². The van der Waals surface area contributed by atoms with E-state index >= 15 is 0 Å². The molecule has 160 valence electrons. The van der Waals surface area contributed by atoms with Gasteiger partial charge < -0.3 is 15.5 Å². The first-order valence-electron chi connectivity index (χ1n) is 10.1. The van der Waals surface area contributed by atoms with Crippen LogP contribution in [0.15, 0.2) is 46.9 Å². The number of anilines is 1. The smallest absolute Gasteiger partial charge is 0.274 e. The predicted octanol–water partition coefficient (Wildman–Crippen LogP) is 2.70. The monoisotopic (exact) mass is 411 g/mol. The molecule has 0 saturated carbocycles. The number of aryl methyl sites for hydroxylation is 1. The molecule has 2 atom stereocenters. The van der Waals surface area contributed by atoms with E-state index in [1.54, 1.807) is 18.3 Å². The fraction of sp³-hybridized carbons (Fsp3) is 0.409. The summed E-state index contributed by atoms with van der Waals surface area (Å²) in [6.07, 6.45) is 4.49. The van der Waals surface area contributed by atoms with Crippen molar-refractivity contribution in [3.8, 4) is 0 Å². The molecule has 2 amide bonds. The number of rotatable bonds is 6. The molecule has 2 aliphatic heterocycles. The summed E-state index contributed by atoms with van der Waals surface area (Å²) in [5.74, 6) is 0.126. The molecule has 0 saturated heterocycles. The van der Waals surface area contributed by atoms with Crippen LogP contribution in [0.5, 0.6) is 0 Å². The van der Waals surface area contributed by atoms with Crippen LogP contribution in [0, 0.1) is 12.8 Å². The first kappa shape index (κ1) is 21.6. The zero-order chi connectivity index (χ0) is 21.8. The maximum atomic E-state index is 12.8. The molecule has 0 spiro atoms. The lowest BCUT2D eigenvalue weighted by Crippen LogP contribution is -2.38. The van der Waals surface area contributed by atoms with Gasteiger partial charge in [-0.25, -0.2) is 10.5 Å². The summed E-state index contributed by atoms with van der Waals surface area (Å²) in [6.45, 7) is 8.56. The van der Waals surface area contributed by atoms with Crippen LogP contribution >= 0.6 is 0 Å². The number of nitrogens with zero attached hydrogens (tertiary/aromatic N) is 2. The lowest BCUT2D eigenvalue weighted by molar-refractivity contribution is -0.124. The van der Waals surface area contributed by atoms with Crippen LogP contribution in [0.3, 0.4) is 0 Å². The molecule has 0 fully saturated rings. The second kappa shape index (κ2) is 9.13. The molecule has 30 heavy (non-hydrogen) atoms. The van der Waals surface area contributed by atoms with Gasteiger partial charge in [-0.05, 0) is 50.5 Å². The third kappa shape index (κ3) is 4.38. The lowest BCUT2D eigenvalue weighted by atomic mass is 10.0. The Kier molecular flexibility index (Phi) is 6.56. The number of carbonyl (C=O) groups is 2. The largest absolute Gasteiger partial charge is 0.353 e. The molecule has 3 N–H and O–H groups in total. The standard InChI is InChI=1S/C22H29N5O3/c1-6-14(3)24-22(29)17-12-27-10-9-23-20(19(27)15(17)4)25-18-11-16(8-7-13(18)2)21(28)26-30-5/h7-11,14,17H,6,12H2,1-5H3,(H,23,25)(H,24,29)(H,26,28)/t14-,17?/m0/s1. The van der Waals surface area contributed by atoms with Crippen LogP contribution in [0.4, 0.5) is 5.69 Å². The highest BCUT2D eigenvalue weighted by atomic mass is 16.6. The topological polar surface area (TPSA) is 95.1 Å². The Bertz CT molecular complexity index is 935. The zero-order valence-corrected chi connectivity index (χ0v) is 18.1. The van der Waals surface area contributed by atoms with E-state index in [0.717, 1.165) is 28.9 Å². The van der Waals surface area contributed by atoms with Gasteiger partial charge in [0.1, 0.15) is 0 Å². The molecule has 0 radical (unpaired) electrons. The van der Waals surface area contributed by atoms with Crippen molar-refractivity contribution in [2.75, 3.05) is 19.0 Å². The molecule has 2 aliphatic rings. The lowest BCUT2D eigenvalue weighted by Gasteiger charge is -2.24. The summed E-state index contributed by atoms with van der Waals surface area (Å²) in [5, 5.41) is 6.42. The molecule has 1 aromatic carbocycles. The van der Waals surface area contributed by atoms with E-state index in [1.807, 2.05) is 37.9 Å². The van der Waals surface area contributed by atoms with Crippen LogP contribution in [0.25, 0.3) is 0 Å². The van der Waals surface area contributed by atoms with Crippen molar-refractivity contribution in [3.05, 3.63) is 53.0 Å². The number of carbonyl (C=O) groups excluding carboxylic acids is 2. The number of nitrogens with one attached hydrogen (secondary N) is 3. The van der Waals surface area contributed by atoms with Crippen LogP contribution in [-0.2, 0) is 9.63 Å². The van der Waals surface area contributed by atoms with Gasteiger partial charge in [0.25, 0.3) is 5.91 Å². The van der Waals surface area contributed by atoms with Gasteiger partial charge in [0, 0.05) is 36.2 Å². The summed E-state index contributed by atoms with van der Waals surface area (Å²) < 4.78 is 0. The van der Waals surface area contributed by atoms with E-state index in [9.17, 15) is 9.59 Å². The first-order valence-corrected chi connectivity index (χ1v) is 10.1. The summed E-state index contributed by atoms with van der Waals surface area (Å²) in [6, 6.07) is 5.49. The molecule has 0 aliphatic carbocycles. The SMILES string of the molecule is CC[C@H](C)NC(=O)C1CN2C=CN=C(Nc3cc(C(=O)NOC)ccc3C)C2=C1C. The number of amidine groups is 1. The summed E-state index contributed by atoms with van der Waals surface area (Å²) in [5.41, 5.74) is 6.39. The minimum atomic E-state index is -0.328. The van der Waals surface area contributed by atoms with Crippen LogP contribution in [0.1, 0.15) is 43.1 Å². The highest BCUT2D eigenvalue weighted by Gasteiger charge is 2.36. The van der Waals surface area contributed by atoms with E-state index in [-0.39, 0.29) is 23.8 Å². The van der Waals surface area contributed by atoms with Gasteiger partial charge in [-0.3, -0.25) is 14.4 Å². The number of benzene rings is 1. The normalized spacial score (nSPS) is 18.6. The van der Waals surface area contributed by atoms with Crippen molar-refractivity contribution in [1.29, 1.82) is 0 Å². The Morgan fingerprint density at radius 3 is 2.80 bits per heavy atom. The van der Waals surface area contributed by atoms with E-state index in [0.29, 0.717) is 17.9 Å². The average molecular weight is 412 g/mol. The number of hydrogen-bond acceptors (Lipinski definition) is 6. The fourth-order valence-corrected chi connectivity index (χ4v) is 3.52. The maximum Gasteiger partial charge on any atom is 0.274 e. The quantitative estimate of drug-likeness (QED) is 0.626. The number of fused-ring (bicyclic) bond motifs is 1. The molecule has 8 nitrogen and oxygen atoms in total. The Hall–Kier alpha value is -3.13. The molecular weight excluding hydrogens is 382 g/mol. The molecule has 1 aromatic rings. The van der Waals surface area contributed by atoms with Crippen LogP contribution < -0.4 is 16.1 Å². The van der Waals surface area contributed by atoms with Crippen molar-refractivity contribution >= 4 is 23.3 Å². The Morgan fingerprint density at radius 2 is 2.10 bits per heavy atom. The fourth-order valence-electron chi connectivity index (χ4n) is 3.52. The van der Waals surface area contributed by atoms with Gasteiger partial charge in [-0.15, -0.1) is 0 Å². The minimum Gasteiger partial charge on any atom is -0.353 e. The zero-order valence-electron chi connectivity index (χ0n) is 18.1. The highest BCUT2D eigenvalue weighted by molar-refractivity contribution is 6.10. The molecule has 0 bridgehead atoms. The van der Waals surface area contributed by atoms with Crippen molar-refractivity contribution in [1.82, 2.24) is 15.7 Å². The molecule has 8 heteroatoms. The van der Waals surface area contributed by atoms with Gasteiger partial charge in [-0.1, -0.05) is 13.0 Å². The number of hydroxylamine groups is 1.